The van der Waals surface area contributed by atoms with Crippen LogP contribution in [0.3, 0.4) is 0 Å². The van der Waals surface area contributed by atoms with Crippen LogP contribution in [0.15, 0.2) is 53.4 Å². The Hall–Kier alpha value is -1.47. The summed E-state index contributed by atoms with van der Waals surface area (Å²) in [6.45, 7) is 2.06. The van der Waals surface area contributed by atoms with Crippen LogP contribution in [0, 0.1) is 12.3 Å². The lowest BCUT2D eigenvalue weighted by Crippen LogP contribution is -2.33. The lowest BCUT2D eigenvalue weighted by molar-refractivity contribution is 0.166. The van der Waals surface area contributed by atoms with Crippen molar-refractivity contribution in [1.29, 1.82) is 0 Å². The lowest BCUT2D eigenvalue weighted by atomic mass is 10.00. The predicted molar refractivity (Wildman–Crippen MR) is 107 cm³/mol. The van der Waals surface area contributed by atoms with Crippen molar-refractivity contribution in [2.75, 3.05) is 13.7 Å². The number of methoxy groups -OCH3 is 1. The van der Waals surface area contributed by atoms with Gasteiger partial charge in [0.1, 0.15) is 0 Å². The maximum absolute atomic E-state index is 13.4. The molecule has 3 atom stereocenters. The molecule has 0 radical (unpaired) electrons. The van der Waals surface area contributed by atoms with Gasteiger partial charge in [-0.1, -0.05) is 53.6 Å². The van der Waals surface area contributed by atoms with Gasteiger partial charge in [-0.2, -0.15) is 0 Å². The molecule has 1 saturated carbocycles. The summed E-state index contributed by atoms with van der Waals surface area (Å²) in [4.78, 5) is 0.418. The quantitative estimate of drug-likeness (QED) is 0.739. The Bertz CT molecular complexity index is 926. The average Bonchev–Trinajstić information content (AvgIpc) is 3.27. The Labute approximate surface area is 164 Å². The molecule has 1 aliphatic carbocycles. The monoisotopic (exact) mass is 409 g/mol. The van der Waals surface area contributed by atoms with E-state index in [0.717, 1.165) is 11.1 Å². The second kappa shape index (κ2) is 6.93. The topological polar surface area (TPSA) is 69.4 Å². The van der Waals surface area contributed by atoms with Gasteiger partial charge in [-0.25, -0.2) is 8.42 Å². The fourth-order valence-corrected chi connectivity index (χ4v) is 6.55. The number of sulfone groups is 1. The SMILES string of the molecule is COC[C@]1(C(N)=S)[C@@H](c2ccc(Cl)cc2)[C@@H]1S(=O)(=O)c1ccc(C)cc1. The van der Waals surface area contributed by atoms with Gasteiger partial charge in [-0.15, -0.1) is 0 Å². The Balaban J connectivity index is 2.11. The van der Waals surface area contributed by atoms with E-state index >= 15 is 0 Å². The Kier molecular flexibility index (Phi) is 5.14. The molecule has 7 heteroatoms. The molecule has 0 bridgehead atoms. The molecule has 4 nitrogen and oxygen atoms in total. The van der Waals surface area contributed by atoms with Gasteiger partial charge in [0.25, 0.3) is 0 Å². The van der Waals surface area contributed by atoms with Gasteiger partial charge in [0.05, 0.1) is 27.2 Å². The van der Waals surface area contributed by atoms with Crippen LogP contribution in [0.2, 0.25) is 5.02 Å². The molecular formula is C19H20ClNO3S2. The first-order chi connectivity index (χ1) is 12.2. The standard InChI is InChI=1S/C19H20ClNO3S2/c1-12-3-9-15(10-4-12)26(22,23)17-16(13-5-7-14(20)8-6-13)19(17,11-24-2)18(21)25/h3-10,16-17H,11H2,1-2H3,(H2,21,25)/t16-,17-,19-/m0/s1. The van der Waals surface area contributed by atoms with Crippen molar-refractivity contribution in [3.8, 4) is 0 Å². The highest BCUT2D eigenvalue weighted by Crippen LogP contribution is 2.64. The van der Waals surface area contributed by atoms with E-state index < -0.39 is 20.5 Å². The summed E-state index contributed by atoms with van der Waals surface area (Å²) in [6, 6.07) is 13.9. The van der Waals surface area contributed by atoms with Gasteiger partial charge >= 0.3 is 0 Å². The third-order valence-electron chi connectivity index (χ3n) is 5.01. The van der Waals surface area contributed by atoms with Crippen molar-refractivity contribution < 1.29 is 13.2 Å². The molecule has 0 aromatic heterocycles. The summed E-state index contributed by atoms with van der Waals surface area (Å²) in [6.07, 6.45) is 0. The number of nitrogens with two attached hydrogens (primary N) is 1. The highest BCUT2D eigenvalue weighted by Gasteiger charge is 2.73. The number of thiocarbonyl (C=S) groups is 1. The van der Waals surface area contributed by atoms with Crippen molar-refractivity contribution >= 4 is 38.6 Å². The highest BCUT2D eigenvalue weighted by molar-refractivity contribution is 7.92. The second-order valence-corrected chi connectivity index (χ2v) is 9.59. The third-order valence-corrected chi connectivity index (χ3v) is 7.93. The van der Waals surface area contributed by atoms with E-state index in [0.29, 0.717) is 5.02 Å². The molecule has 2 N–H and O–H groups in total. The summed E-state index contributed by atoms with van der Waals surface area (Å²) in [5, 5.41) is -0.184. The molecule has 0 heterocycles. The fourth-order valence-electron chi connectivity index (χ4n) is 3.65. The maximum Gasteiger partial charge on any atom is 0.182 e. The zero-order valence-corrected chi connectivity index (χ0v) is 16.9. The molecule has 26 heavy (non-hydrogen) atoms. The van der Waals surface area contributed by atoms with Crippen LogP contribution in [0.1, 0.15) is 17.0 Å². The van der Waals surface area contributed by atoms with E-state index in [9.17, 15) is 8.42 Å². The first-order valence-corrected chi connectivity index (χ1v) is 10.4. The Morgan fingerprint density at radius 2 is 1.77 bits per heavy atom. The van der Waals surface area contributed by atoms with Crippen molar-refractivity contribution in [3.05, 3.63) is 64.7 Å². The van der Waals surface area contributed by atoms with Crippen LogP contribution < -0.4 is 5.73 Å². The van der Waals surface area contributed by atoms with Crippen molar-refractivity contribution in [2.45, 2.75) is 23.0 Å². The van der Waals surface area contributed by atoms with Gasteiger partial charge in [-0.05, 0) is 36.8 Å². The second-order valence-electron chi connectivity index (χ2n) is 6.65. The van der Waals surface area contributed by atoms with E-state index in [1.165, 1.54) is 7.11 Å². The maximum atomic E-state index is 13.4. The van der Waals surface area contributed by atoms with Crippen LogP contribution in [0.4, 0.5) is 0 Å². The Morgan fingerprint density at radius 3 is 2.27 bits per heavy atom. The first-order valence-electron chi connectivity index (χ1n) is 8.10. The van der Waals surface area contributed by atoms with E-state index in [1.807, 2.05) is 19.1 Å². The van der Waals surface area contributed by atoms with Crippen LogP contribution in [-0.2, 0) is 14.6 Å². The smallest absolute Gasteiger partial charge is 0.182 e. The molecular weight excluding hydrogens is 390 g/mol. The minimum atomic E-state index is -3.65. The van der Waals surface area contributed by atoms with Gasteiger partial charge in [0.2, 0.25) is 0 Å². The third kappa shape index (κ3) is 3.05. The lowest BCUT2D eigenvalue weighted by Gasteiger charge is -2.16. The van der Waals surface area contributed by atoms with Crippen molar-refractivity contribution in [3.63, 3.8) is 0 Å². The number of aryl methyl sites for hydroxylation is 1. The Morgan fingerprint density at radius 1 is 1.19 bits per heavy atom. The number of hydrogen-bond acceptors (Lipinski definition) is 4. The molecule has 0 amide bonds. The molecule has 0 saturated heterocycles. The largest absolute Gasteiger partial charge is 0.393 e. The van der Waals surface area contributed by atoms with E-state index in [-0.39, 0.29) is 22.4 Å². The summed E-state index contributed by atoms with van der Waals surface area (Å²) in [7, 11) is -2.12. The predicted octanol–water partition coefficient (Wildman–Crippen LogP) is 3.51. The molecule has 0 spiro atoms. The fraction of sp³-hybridized carbons (Fsp3) is 0.316. The van der Waals surface area contributed by atoms with Crippen LogP contribution in [-0.4, -0.2) is 32.4 Å². The molecule has 1 aliphatic rings. The summed E-state index contributed by atoms with van der Waals surface area (Å²) >= 11 is 11.3. The highest BCUT2D eigenvalue weighted by atomic mass is 35.5. The number of ether oxygens (including phenoxy) is 1. The summed E-state index contributed by atoms with van der Waals surface area (Å²) in [5.74, 6) is -0.372. The normalized spacial score (nSPS) is 25.0. The zero-order chi connectivity index (χ0) is 19.1. The van der Waals surface area contributed by atoms with E-state index in [1.54, 1.807) is 36.4 Å². The van der Waals surface area contributed by atoms with E-state index in [4.69, 9.17) is 34.3 Å². The van der Waals surface area contributed by atoms with Gasteiger partial charge in [-0.3, -0.25) is 0 Å². The zero-order valence-electron chi connectivity index (χ0n) is 14.5. The molecule has 0 unspecified atom stereocenters. The van der Waals surface area contributed by atoms with Gasteiger partial charge in [0.15, 0.2) is 9.84 Å². The number of hydrogen-bond donors (Lipinski definition) is 1. The van der Waals surface area contributed by atoms with Gasteiger partial charge in [0, 0.05) is 18.1 Å². The van der Waals surface area contributed by atoms with Crippen LogP contribution in [0.25, 0.3) is 0 Å². The number of benzene rings is 2. The minimum Gasteiger partial charge on any atom is -0.393 e. The number of rotatable bonds is 6. The van der Waals surface area contributed by atoms with Crippen molar-refractivity contribution in [2.24, 2.45) is 11.1 Å². The van der Waals surface area contributed by atoms with Gasteiger partial charge < -0.3 is 10.5 Å². The minimum absolute atomic E-state index is 0.144. The molecule has 0 aliphatic heterocycles. The molecule has 2 aromatic rings. The van der Waals surface area contributed by atoms with Crippen molar-refractivity contribution in [1.82, 2.24) is 0 Å². The van der Waals surface area contributed by atoms with E-state index in [2.05, 4.69) is 0 Å². The van der Waals surface area contributed by atoms with Crippen LogP contribution >= 0.6 is 23.8 Å². The number of halogens is 1. The summed E-state index contributed by atoms with van der Waals surface area (Å²) in [5.41, 5.74) is 6.92. The average molecular weight is 410 g/mol. The van der Waals surface area contributed by atoms with Crippen LogP contribution in [0.5, 0.6) is 0 Å². The molecule has 1 fully saturated rings. The molecule has 2 aromatic carbocycles. The first kappa shape index (κ1) is 19.3. The molecule has 138 valence electrons. The summed E-state index contributed by atoms with van der Waals surface area (Å²) < 4.78 is 32.0. The molecule has 3 rings (SSSR count).